The Bertz CT molecular complexity index is 1250. The molecule has 3 heterocycles. The van der Waals surface area contributed by atoms with Crippen molar-refractivity contribution in [2.24, 2.45) is 0 Å². The highest BCUT2D eigenvalue weighted by molar-refractivity contribution is 8.03. The van der Waals surface area contributed by atoms with Crippen LogP contribution < -0.4 is 10.6 Å². The standard InChI is InChI=1S/C24H24N8S5/c1-3-9-17(10-4-1)25-21-29-27-19(35-21)13-7-15-33-23-31-32-24(37-23)34-16-8-14-20-28-30-22(36-20)26-18-11-5-2-6-12-18/h1-6,9-12H,7-8,13-16H2,(H,25,29)(H,26,30). The lowest BCUT2D eigenvalue weighted by Gasteiger charge is -1.99. The van der Waals surface area contributed by atoms with Gasteiger partial charge in [-0.1, -0.05) is 93.9 Å². The lowest BCUT2D eigenvalue weighted by molar-refractivity contribution is 0.882. The molecule has 8 nitrogen and oxygen atoms in total. The molecule has 5 rings (SSSR count). The Labute approximate surface area is 235 Å². The zero-order valence-corrected chi connectivity index (χ0v) is 23.8. The second-order valence-electron chi connectivity index (χ2n) is 7.72. The number of hydrogen-bond donors (Lipinski definition) is 2. The highest BCUT2D eigenvalue weighted by Crippen LogP contribution is 2.30. The Hall–Kier alpha value is -2.58. The monoisotopic (exact) mass is 584 g/mol. The summed E-state index contributed by atoms with van der Waals surface area (Å²) >= 11 is 8.40. The van der Waals surface area contributed by atoms with Gasteiger partial charge in [0.25, 0.3) is 0 Å². The summed E-state index contributed by atoms with van der Waals surface area (Å²) in [6.45, 7) is 0. The molecule has 0 saturated heterocycles. The van der Waals surface area contributed by atoms with Crippen LogP contribution >= 0.6 is 57.5 Å². The fraction of sp³-hybridized carbons (Fsp3) is 0.250. The van der Waals surface area contributed by atoms with Crippen LogP contribution in [0.25, 0.3) is 0 Å². The molecule has 0 saturated carbocycles. The third-order valence-electron chi connectivity index (χ3n) is 4.89. The molecule has 0 radical (unpaired) electrons. The SMILES string of the molecule is c1ccc(Nc2nnc(CCCSc3nnc(SCCCc4nnc(Nc5ccccc5)s4)s3)s2)cc1. The van der Waals surface area contributed by atoms with Gasteiger partial charge < -0.3 is 10.6 Å². The summed E-state index contributed by atoms with van der Waals surface area (Å²) in [7, 11) is 0. The van der Waals surface area contributed by atoms with E-state index in [1.165, 1.54) is 0 Å². The molecular formula is C24H24N8S5. The van der Waals surface area contributed by atoms with Gasteiger partial charge >= 0.3 is 0 Å². The van der Waals surface area contributed by atoms with Crippen LogP contribution in [-0.4, -0.2) is 42.1 Å². The molecule has 2 aromatic carbocycles. The van der Waals surface area contributed by atoms with Crippen molar-refractivity contribution in [2.45, 2.75) is 34.4 Å². The van der Waals surface area contributed by atoms with E-state index < -0.39 is 0 Å². The first-order valence-electron chi connectivity index (χ1n) is 11.7. The minimum Gasteiger partial charge on any atom is -0.330 e. The van der Waals surface area contributed by atoms with Crippen molar-refractivity contribution in [2.75, 3.05) is 22.1 Å². The van der Waals surface area contributed by atoms with E-state index in [-0.39, 0.29) is 0 Å². The Kier molecular flexibility index (Phi) is 9.73. The minimum atomic E-state index is 0.829. The van der Waals surface area contributed by atoms with E-state index in [2.05, 4.69) is 41.2 Å². The largest absolute Gasteiger partial charge is 0.330 e. The van der Waals surface area contributed by atoms with E-state index in [0.717, 1.165) is 77.5 Å². The summed E-state index contributed by atoms with van der Waals surface area (Å²) in [5.41, 5.74) is 2.05. The van der Waals surface area contributed by atoms with Crippen molar-refractivity contribution >= 4 is 79.2 Å². The summed E-state index contributed by atoms with van der Waals surface area (Å²) in [5, 5.41) is 36.1. The van der Waals surface area contributed by atoms with Crippen molar-refractivity contribution in [1.29, 1.82) is 0 Å². The average molecular weight is 585 g/mol. The van der Waals surface area contributed by atoms with Crippen LogP contribution in [0.4, 0.5) is 21.6 Å². The Morgan fingerprint density at radius 3 is 1.46 bits per heavy atom. The summed E-state index contributed by atoms with van der Waals surface area (Å²) in [6.07, 6.45) is 3.87. The molecule has 0 aliphatic rings. The topological polar surface area (TPSA) is 101 Å². The van der Waals surface area contributed by atoms with Gasteiger partial charge in [-0.3, -0.25) is 0 Å². The van der Waals surface area contributed by atoms with Gasteiger partial charge in [-0.15, -0.1) is 30.6 Å². The summed E-state index contributed by atoms with van der Waals surface area (Å²) in [5.74, 6) is 1.97. The Morgan fingerprint density at radius 1 is 0.541 bits per heavy atom. The van der Waals surface area contributed by atoms with E-state index in [0.29, 0.717) is 0 Å². The smallest absolute Gasteiger partial charge is 0.210 e. The predicted octanol–water partition coefficient (Wildman–Crippen LogP) is 7.18. The lowest BCUT2D eigenvalue weighted by atomic mass is 10.3. The maximum Gasteiger partial charge on any atom is 0.210 e. The van der Waals surface area contributed by atoms with Gasteiger partial charge in [0.05, 0.1) is 0 Å². The number of anilines is 4. The van der Waals surface area contributed by atoms with Crippen LogP contribution in [-0.2, 0) is 12.8 Å². The highest BCUT2D eigenvalue weighted by Gasteiger charge is 2.09. The van der Waals surface area contributed by atoms with Crippen LogP contribution in [0.15, 0.2) is 69.3 Å². The zero-order chi connectivity index (χ0) is 25.1. The van der Waals surface area contributed by atoms with Crippen LogP contribution in [0, 0.1) is 0 Å². The second-order valence-corrected chi connectivity index (χ2v) is 13.5. The van der Waals surface area contributed by atoms with Crippen molar-refractivity contribution in [1.82, 2.24) is 30.6 Å². The van der Waals surface area contributed by atoms with Crippen molar-refractivity contribution in [3.8, 4) is 0 Å². The summed E-state index contributed by atoms with van der Waals surface area (Å²) < 4.78 is 2.04. The molecule has 5 aromatic rings. The normalized spacial score (nSPS) is 11.0. The third kappa shape index (κ3) is 8.47. The maximum atomic E-state index is 4.34. The molecular weight excluding hydrogens is 561 g/mol. The quantitative estimate of drug-likeness (QED) is 0.103. The van der Waals surface area contributed by atoms with Gasteiger partial charge in [0, 0.05) is 35.7 Å². The van der Waals surface area contributed by atoms with E-state index >= 15 is 0 Å². The molecule has 0 unspecified atom stereocenters. The Balaban J connectivity index is 0.959. The first-order chi connectivity index (χ1) is 18.3. The van der Waals surface area contributed by atoms with E-state index in [1.54, 1.807) is 57.5 Å². The molecule has 3 aromatic heterocycles. The number of thioether (sulfide) groups is 2. The van der Waals surface area contributed by atoms with E-state index in [4.69, 9.17) is 0 Å². The molecule has 0 bridgehead atoms. The molecule has 0 fully saturated rings. The summed E-state index contributed by atoms with van der Waals surface area (Å²) in [4.78, 5) is 0. The van der Waals surface area contributed by atoms with Gasteiger partial charge in [0.2, 0.25) is 10.3 Å². The zero-order valence-electron chi connectivity index (χ0n) is 19.7. The van der Waals surface area contributed by atoms with E-state index in [9.17, 15) is 0 Å². The predicted molar refractivity (Wildman–Crippen MR) is 157 cm³/mol. The number of nitrogens with zero attached hydrogens (tertiary/aromatic N) is 6. The maximum absolute atomic E-state index is 4.34. The molecule has 0 aliphatic carbocycles. The first-order valence-corrected chi connectivity index (χ1v) is 16.1. The average Bonchev–Trinajstić information content (AvgIpc) is 3.68. The van der Waals surface area contributed by atoms with Crippen LogP contribution in [0.5, 0.6) is 0 Å². The molecule has 0 amide bonds. The number of rotatable bonds is 14. The first kappa shape index (κ1) is 26.0. The van der Waals surface area contributed by atoms with Crippen molar-refractivity contribution < 1.29 is 0 Å². The number of benzene rings is 2. The van der Waals surface area contributed by atoms with Gasteiger partial charge in [-0.25, -0.2) is 0 Å². The number of hydrogen-bond acceptors (Lipinski definition) is 13. The number of para-hydroxylation sites is 2. The minimum absolute atomic E-state index is 0.829. The second kappa shape index (κ2) is 13.8. The number of nitrogens with one attached hydrogen (secondary N) is 2. The molecule has 190 valence electrons. The third-order valence-corrected chi connectivity index (χ3v) is 10.1. The molecule has 0 spiro atoms. The lowest BCUT2D eigenvalue weighted by Crippen LogP contribution is -1.88. The van der Waals surface area contributed by atoms with Crippen LogP contribution in [0.3, 0.4) is 0 Å². The highest BCUT2D eigenvalue weighted by atomic mass is 32.2. The summed E-state index contributed by atoms with van der Waals surface area (Å²) in [6, 6.07) is 20.1. The van der Waals surface area contributed by atoms with Gasteiger partial charge in [0.1, 0.15) is 10.0 Å². The van der Waals surface area contributed by atoms with Crippen LogP contribution in [0.2, 0.25) is 0 Å². The number of aromatic nitrogens is 6. The molecule has 0 aliphatic heterocycles. The van der Waals surface area contributed by atoms with Crippen LogP contribution in [0.1, 0.15) is 22.9 Å². The Morgan fingerprint density at radius 2 is 1.00 bits per heavy atom. The van der Waals surface area contributed by atoms with Gasteiger partial charge in [-0.05, 0) is 37.1 Å². The number of aryl methyl sites for hydroxylation is 2. The van der Waals surface area contributed by atoms with E-state index in [1.807, 2.05) is 60.7 Å². The fourth-order valence-corrected chi connectivity index (χ4v) is 7.82. The molecule has 2 N–H and O–H groups in total. The molecule has 13 heteroatoms. The fourth-order valence-electron chi connectivity index (χ4n) is 3.18. The van der Waals surface area contributed by atoms with Crippen molar-refractivity contribution in [3.05, 3.63) is 70.7 Å². The molecule has 0 atom stereocenters. The van der Waals surface area contributed by atoms with Gasteiger partial charge in [-0.2, -0.15) is 0 Å². The van der Waals surface area contributed by atoms with Crippen molar-refractivity contribution in [3.63, 3.8) is 0 Å². The molecule has 37 heavy (non-hydrogen) atoms. The van der Waals surface area contributed by atoms with Gasteiger partial charge in [0.15, 0.2) is 8.68 Å².